The van der Waals surface area contributed by atoms with Gasteiger partial charge in [0.15, 0.2) is 0 Å². The van der Waals surface area contributed by atoms with Crippen molar-refractivity contribution in [1.82, 2.24) is 5.32 Å². The summed E-state index contributed by atoms with van der Waals surface area (Å²) in [6.07, 6.45) is 2.25. The predicted octanol–water partition coefficient (Wildman–Crippen LogP) is 3.06. The molecule has 0 saturated carbocycles. The first-order chi connectivity index (χ1) is 8.59. The van der Waals surface area contributed by atoms with Gasteiger partial charge in [0.2, 0.25) is 0 Å². The molecule has 0 bridgehead atoms. The number of nitrogens with one attached hydrogen (secondary N) is 1. The third kappa shape index (κ3) is 3.70. The number of halogens is 1. The van der Waals surface area contributed by atoms with Crippen LogP contribution in [-0.4, -0.2) is 24.9 Å². The van der Waals surface area contributed by atoms with E-state index in [-0.39, 0.29) is 5.75 Å². The van der Waals surface area contributed by atoms with E-state index in [9.17, 15) is 5.11 Å². The lowest BCUT2D eigenvalue weighted by molar-refractivity contribution is 0.0240. The second kappa shape index (κ2) is 6.04. The molecule has 1 fully saturated rings. The van der Waals surface area contributed by atoms with Gasteiger partial charge in [-0.2, -0.15) is 0 Å². The summed E-state index contributed by atoms with van der Waals surface area (Å²) in [4.78, 5) is 0. The zero-order valence-corrected chi connectivity index (χ0v) is 12.3. The Morgan fingerprint density at radius 2 is 2.11 bits per heavy atom. The molecule has 0 radical (unpaired) electrons. The lowest BCUT2D eigenvalue weighted by Gasteiger charge is -2.33. The van der Waals surface area contributed by atoms with Crippen molar-refractivity contribution in [1.29, 1.82) is 0 Å². The normalized spacial score (nSPS) is 18.8. The van der Waals surface area contributed by atoms with Gasteiger partial charge in [-0.1, -0.05) is 13.0 Å². The fourth-order valence-corrected chi connectivity index (χ4v) is 2.64. The Hall–Kier alpha value is -0.580. The van der Waals surface area contributed by atoms with Gasteiger partial charge in [-0.25, -0.2) is 0 Å². The maximum atomic E-state index is 9.43. The van der Waals surface area contributed by atoms with Gasteiger partial charge in [-0.3, -0.25) is 0 Å². The van der Waals surface area contributed by atoms with Crippen molar-refractivity contribution >= 4 is 15.9 Å². The summed E-state index contributed by atoms with van der Waals surface area (Å²) in [7, 11) is 0. The van der Waals surface area contributed by atoms with Crippen molar-refractivity contribution in [3.63, 3.8) is 0 Å². The molecule has 3 nitrogen and oxygen atoms in total. The molecule has 0 spiro atoms. The van der Waals surface area contributed by atoms with Crippen LogP contribution in [0.1, 0.15) is 25.3 Å². The lowest BCUT2D eigenvalue weighted by Crippen LogP contribution is -2.36. The van der Waals surface area contributed by atoms with E-state index in [0.717, 1.165) is 43.6 Å². The minimum Gasteiger partial charge on any atom is -0.507 e. The Morgan fingerprint density at radius 1 is 1.39 bits per heavy atom. The molecule has 18 heavy (non-hydrogen) atoms. The molecule has 1 aliphatic heterocycles. The van der Waals surface area contributed by atoms with Crippen molar-refractivity contribution in [2.24, 2.45) is 5.41 Å². The molecule has 2 rings (SSSR count). The summed E-state index contributed by atoms with van der Waals surface area (Å²) in [5.41, 5.74) is 1.53. The zero-order valence-electron chi connectivity index (χ0n) is 10.7. The Bertz CT molecular complexity index is 403. The minimum atomic E-state index is 0.287. The highest BCUT2D eigenvalue weighted by Gasteiger charge is 2.26. The lowest BCUT2D eigenvalue weighted by atomic mass is 9.82. The maximum Gasteiger partial charge on any atom is 0.129 e. The molecular weight excluding hydrogens is 294 g/mol. The van der Waals surface area contributed by atoms with Crippen LogP contribution in [0.2, 0.25) is 0 Å². The molecule has 0 amide bonds. The van der Waals surface area contributed by atoms with Crippen LogP contribution in [0.3, 0.4) is 0 Å². The molecule has 4 heteroatoms. The molecule has 1 aliphatic rings. The van der Waals surface area contributed by atoms with Gasteiger partial charge in [-0.05, 0) is 51.9 Å². The largest absolute Gasteiger partial charge is 0.507 e. The van der Waals surface area contributed by atoms with Crippen molar-refractivity contribution < 1.29 is 9.84 Å². The Morgan fingerprint density at radius 3 is 2.78 bits per heavy atom. The number of aromatic hydroxyl groups is 1. The molecule has 2 N–H and O–H groups in total. The summed E-state index contributed by atoms with van der Waals surface area (Å²) < 4.78 is 6.15. The molecule has 1 saturated heterocycles. The highest BCUT2D eigenvalue weighted by atomic mass is 79.9. The van der Waals surface area contributed by atoms with E-state index in [4.69, 9.17) is 4.74 Å². The SMILES string of the molecule is CC1(CNCc2ccc(O)c(Br)c2)CCOCC1. The number of hydrogen-bond donors (Lipinski definition) is 2. The van der Waals surface area contributed by atoms with Crippen LogP contribution in [0.25, 0.3) is 0 Å². The first-order valence-corrected chi connectivity index (χ1v) is 7.14. The van der Waals surface area contributed by atoms with Crippen molar-refractivity contribution in [2.75, 3.05) is 19.8 Å². The summed E-state index contributed by atoms with van der Waals surface area (Å²) in [5, 5.41) is 12.9. The Labute approximate surface area is 117 Å². The van der Waals surface area contributed by atoms with Crippen LogP contribution in [0.5, 0.6) is 5.75 Å². The third-order valence-corrected chi connectivity index (χ3v) is 4.23. The molecule has 1 heterocycles. The minimum absolute atomic E-state index is 0.287. The smallest absolute Gasteiger partial charge is 0.129 e. The topological polar surface area (TPSA) is 41.5 Å². The molecule has 100 valence electrons. The van der Waals surface area contributed by atoms with E-state index in [1.54, 1.807) is 6.07 Å². The van der Waals surface area contributed by atoms with Crippen LogP contribution in [0.15, 0.2) is 22.7 Å². The van der Waals surface area contributed by atoms with Crippen LogP contribution < -0.4 is 5.32 Å². The van der Waals surface area contributed by atoms with E-state index >= 15 is 0 Å². The Kier molecular flexibility index (Phi) is 4.65. The van der Waals surface area contributed by atoms with E-state index in [0.29, 0.717) is 5.41 Å². The van der Waals surface area contributed by atoms with Crippen LogP contribution in [-0.2, 0) is 11.3 Å². The number of phenolic OH excluding ortho intramolecular Hbond substituents is 1. The number of ether oxygens (including phenoxy) is 1. The number of benzene rings is 1. The summed E-state index contributed by atoms with van der Waals surface area (Å²) in [6.45, 7) is 5.91. The fraction of sp³-hybridized carbons (Fsp3) is 0.571. The van der Waals surface area contributed by atoms with E-state index in [1.165, 1.54) is 5.56 Å². The summed E-state index contributed by atoms with van der Waals surface area (Å²) >= 11 is 3.33. The van der Waals surface area contributed by atoms with Crippen molar-refractivity contribution in [3.8, 4) is 5.75 Å². The van der Waals surface area contributed by atoms with Gasteiger partial charge in [0.1, 0.15) is 5.75 Å². The Balaban J connectivity index is 1.82. The fourth-order valence-electron chi connectivity index (χ4n) is 2.21. The van der Waals surface area contributed by atoms with Gasteiger partial charge in [-0.15, -0.1) is 0 Å². The second-order valence-corrected chi connectivity index (χ2v) is 6.17. The van der Waals surface area contributed by atoms with Crippen LogP contribution in [0, 0.1) is 5.41 Å². The molecule has 0 aliphatic carbocycles. The number of phenols is 1. The molecule has 1 aromatic carbocycles. The number of hydrogen-bond acceptors (Lipinski definition) is 3. The predicted molar refractivity (Wildman–Crippen MR) is 75.7 cm³/mol. The zero-order chi connectivity index (χ0) is 13.0. The first kappa shape index (κ1) is 13.8. The van der Waals surface area contributed by atoms with Gasteiger partial charge in [0, 0.05) is 26.3 Å². The number of rotatable bonds is 4. The van der Waals surface area contributed by atoms with Crippen molar-refractivity contribution in [3.05, 3.63) is 28.2 Å². The van der Waals surface area contributed by atoms with Crippen molar-refractivity contribution in [2.45, 2.75) is 26.3 Å². The molecule has 0 aromatic heterocycles. The summed E-state index contributed by atoms with van der Waals surface area (Å²) in [5.74, 6) is 0.287. The van der Waals surface area contributed by atoms with E-state index < -0.39 is 0 Å². The maximum absolute atomic E-state index is 9.43. The molecule has 1 aromatic rings. The average Bonchev–Trinajstić information content (AvgIpc) is 2.34. The average molecular weight is 314 g/mol. The third-order valence-electron chi connectivity index (χ3n) is 3.59. The molecule has 0 atom stereocenters. The highest BCUT2D eigenvalue weighted by Crippen LogP contribution is 2.29. The van der Waals surface area contributed by atoms with E-state index in [1.807, 2.05) is 12.1 Å². The molecule has 0 unspecified atom stereocenters. The second-order valence-electron chi connectivity index (χ2n) is 5.31. The van der Waals surface area contributed by atoms with Gasteiger partial charge in [0.25, 0.3) is 0 Å². The monoisotopic (exact) mass is 313 g/mol. The standard InChI is InChI=1S/C14H20BrNO2/c1-14(4-6-18-7-5-14)10-16-9-11-2-3-13(17)12(15)8-11/h2-3,8,16-17H,4-7,9-10H2,1H3. The van der Waals surface area contributed by atoms with E-state index in [2.05, 4.69) is 28.2 Å². The van der Waals surface area contributed by atoms with Crippen LogP contribution in [0.4, 0.5) is 0 Å². The molecular formula is C14H20BrNO2. The van der Waals surface area contributed by atoms with Gasteiger partial charge >= 0.3 is 0 Å². The first-order valence-electron chi connectivity index (χ1n) is 6.35. The quantitative estimate of drug-likeness (QED) is 0.897. The highest BCUT2D eigenvalue weighted by molar-refractivity contribution is 9.10. The summed E-state index contributed by atoms with van der Waals surface area (Å²) in [6, 6.07) is 5.62. The van der Waals surface area contributed by atoms with Gasteiger partial charge in [0.05, 0.1) is 4.47 Å². The van der Waals surface area contributed by atoms with Gasteiger partial charge < -0.3 is 15.2 Å². The van der Waals surface area contributed by atoms with Crippen LogP contribution >= 0.6 is 15.9 Å².